The van der Waals surface area contributed by atoms with E-state index in [1.54, 1.807) is 6.07 Å². The van der Waals surface area contributed by atoms with Crippen molar-refractivity contribution in [3.05, 3.63) is 65.2 Å². The zero-order valence-electron chi connectivity index (χ0n) is 11.9. The highest BCUT2D eigenvalue weighted by atomic mass is 19.1. The molecule has 5 nitrogen and oxygen atoms in total. The van der Waals surface area contributed by atoms with Crippen LogP contribution in [0.2, 0.25) is 0 Å². The van der Waals surface area contributed by atoms with Crippen LogP contribution >= 0.6 is 0 Å². The molecule has 2 aromatic carbocycles. The third-order valence-electron chi connectivity index (χ3n) is 3.06. The largest absolute Gasteiger partial charge is 0.387 e. The Morgan fingerprint density at radius 1 is 1.17 bits per heavy atom. The maximum atomic E-state index is 13.0. The average molecular weight is 317 g/mol. The summed E-state index contributed by atoms with van der Waals surface area (Å²) in [6.07, 6.45) is -1.01. The Labute approximate surface area is 131 Å². The molecule has 118 valence electrons. The molecule has 7 heteroatoms. The summed E-state index contributed by atoms with van der Waals surface area (Å²) >= 11 is 0. The van der Waals surface area contributed by atoms with Crippen molar-refractivity contribution in [2.75, 3.05) is 11.9 Å². The molecular weight excluding hydrogens is 304 g/mol. The summed E-state index contributed by atoms with van der Waals surface area (Å²) in [6.45, 7) is -0.111. The van der Waals surface area contributed by atoms with Crippen LogP contribution in [0.15, 0.2) is 42.5 Å². The third kappa shape index (κ3) is 4.49. The number of anilines is 1. The number of nitrogens with one attached hydrogen (secondary N) is 2. The highest BCUT2D eigenvalue weighted by Gasteiger charge is 2.11. The molecule has 3 N–H and O–H groups in total. The van der Waals surface area contributed by atoms with Crippen LogP contribution in [-0.2, 0) is 0 Å². The number of rotatable bonds is 4. The van der Waals surface area contributed by atoms with Gasteiger partial charge in [0.05, 0.1) is 17.4 Å². The number of amides is 2. The van der Waals surface area contributed by atoms with E-state index in [1.807, 2.05) is 0 Å². The highest BCUT2D eigenvalue weighted by Crippen LogP contribution is 2.16. The molecule has 1 unspecified atom stereocenters. The fraction of sp³-hybridized carbons (Fsp3) is 0.125. The second kappa shape index (κ2) is 7.33. The number of benzene rings is 2. The van der Waals surface area contributed by atoms with Gasteiger partial charge in [0.1, 0.15) is 17.7 Å². The number of nitriles is 1. The Morgan fingerprint density at radius 2 is 1.83 bits per heavy atom. The molecule has 0 radical (unpaired) electrons. The highest BCUT2D eigenvalue weighted by molar-refractivity contribution is 5.90. The summed E-state index contributed by atoms with van der Waals surface area (Å²) in [7, 11) is 0. The predicted molar refractivity (Wildman–Crippen MR) is 79.5 cm³/mol. The van der Waals surface area contributed by atoms with E-state index in [4.69, 9.17) is 5.26 Å². The van der Waals surface area contributed by atoms with E-state index in [0.29, 0.717) is 5.56 Å². The second-order valence-electron chi connectivity index (χ2n) is 4.70. The number of aliphatic hydroxyl groups is 1. The average Bonchev–Trinajstić information content (AvgIpc) is 2.55. The van der Waals surface area contributed by atoms with Gasteiger partial charge >= 0.3 is 6.03 Å². The first-order chi connectivity index (χ1) is 11.0. The lowest BCUT2D eigenvalue weighted by molar-refractivity contribution is 0.175. The number of halogens is 2. The smallest absolute Gasteiger partial charge is 0.319 e. The lowest BCUT2D eigenvalue weighted by Gasteiger charge is -2.13. The van der Waals surface area contributed by atoms with Gasteiger partial charge < -0.3 is 15.7 Å². The van der Waals surface area contributed by atoms with E-state index in [1.165, 1.54) is 30.3 Å². The van der Waals surface area contributed by atoms with E-state index < -0.39 is 23.8 Å². The molecular formula is C16H13F2N3O2. The molecule has 0 bridgehead atoms. The minimum Gasteiger partial charge on any atom is -0.387 e. The summed E-state index contributed by atoms with van der Waals surface area (Å²) in [5.41, 5.74) is 0.591. The Hall–Kier alpha value is -2.98. The molecule has 0 saturated carbocycles. The van der Waals surface area contributed by atoms with Crippen molar-refractivity contribution >= 4 is 11.7 Å². The predicted octanol–water partition coefficient (Wildman–Crippen LogP) is 2.69. The molecule has 2 aromatic rings. The Morgan fingerprint density at radius 3 is 2.48 bits per heavy atom. The van der Waals surface area contributed by atoms with E-state index in [-0.39, 0.29) is 17.8 Å². The summed E-state index contributed by atoms with van der Waals surface area (Å²) in [5, 5.41) is 23.6. The van der Waals surface area contributed by atoms with E-state index in [0.717, 1.165) is 12.1 Å². The molecule has 2 amide bonds. The van der Waals surface area contributed by atoms with Gasteiger partial charge in [-0.05, 0) is 35.9 Å². The maximum absolute atomic E-state index is 13.0. The standard InChI is InChI=1S/C16H13F2N3O2/c17-12-3-1-10(2-4-12)15(22)9-20-16(23)21-14-6-5-13(18)7-11(14)8-19/h1-7,15,22H,9H2,(H2,20,21,23). The monoisotopic (exact) mass is 317 g/mol. The van der Waals surface area contributed by atoms with E-state index in [2.05, 4.69) is 10.6 Å². The van der Waals surface area contributed by atoms with Gasteiger partial charge in [-0.1, -0.05) is 12.1 Å². The van der Waals surface area contributed by atoms with Gasteiger partial charge in [0.15, 0.2) is 0 Å². The molecule has 0 aliphatic rings. The van der Waals surface area contributed by atoms with Crippen molar-refractivity contribution in [1.29, 1.82) is 5.26 Å². The number of carbonyl (C=O) groups is 1. The van der Waals surface area contributed by atoms with Crippen LogP contribution in [0.25, 0.3) is 0 Å². The SMILES string of the molecule is N#Cc1cc(F)ccc1NC(=O)NCC(O)c1ccc(F)cc1. The fourth-order valence-corrected chi connectivity index (χ4v) is 1.88. The van der Waals surface area contributed by atoms with Crippen LogP contribution in [0, 0.1) is 23.0 Å². The summed E-state index contributed by atoms with van der Waals surface area (Å²) in [6, 6.07) is 9.73. The topological polar surface area (TPSA) is 85.2 Å². The van der Waals surface area contributed by atoms with Crippen LogP contribution in [-0.4, -0.2) is 17.7 Å². The van der Waals surface area contributed by atoms with Crippen molar-refractivity contribution in [2.24, 2.45) is 0 Å². The molecule has 0 aliphatic carbocycles. The first-order valence-electron chi connectivity index (χ1n) is 6.67. The third-order valence-corrected chi connectivity index (χ3v) is 3.06. The van der Waals surface area contributed by atoms with Gasteiger partial charge in [-0.15, -0.1) is 0 Å². The lowest BCUT2D eigenvalue weighted by Crippen LogP contribution is -2.32. The van der Waals surface area contributed by atoms with Crippen LogP contribution < -0.4 is 10.6 Å². The molecule has 0 fully saturated rings. The molecule has 0 saturated heterocycles. The van der Waals surface area contributed by atoms with Gasteiger partial charge in [0.2, 0.25) is 0 Å². The first kappa shape index (κ1) is 16.4. The Kier molecular flexibility index (Phi) is 5.23. The fourth-order valence-electron chi connectivity index (χ4n) is 1.88. The van der Waals surface area contributed by atoms with Gasteiger partial charge in [0.25, 0.3) is 0 Å². The van der Waals surface area contributed by atoms with Crippen molar-refractivity contribution < 1.29 is 18.7 Å². The van der Waals surface area contributed by atoms with Crippen LogP contribution in [0.1, 0.15) is 17.2 Å². The van der Waals surface area contributed by atoms with Crippen LogP contribution in [0.5, 0.6) is 0 Å². The lowest BCUT2D eigenvalue weighted by atomic mass is 10.1. The van der Waals surface area contributed by atoms with Gasteiger partial charge in [-0.2, -0.15) is 5.26 Å². The number of hydrogen-bond acceptors (Lipinski definition) is 3. The molecule has 0 aromatic heterocycles. The summed E-state index contributed by atoms with van der Waals surface area (Å²) in [5.74, 6) is -1.01. The minimum absolute atomic E-state index is 0.0146. The number of urea groups is 1. The number of hydrogen-bond donors (Lipinski definition) is 3. The normalized spacial score (nSPS) is 11.4. The number of nitrogens with zero attached hydrogens (tertiary/aromatic N) is 1. The minimum atomic E-state index is -1.01. The van der Waals surface area contributed by atoms with Crippen molar-refractivity contribution in [1.82, 2.24) is 5.32 Å². The molecule has 1 atom stereocenters. The van der Waals surface area contributed by atoms with Gasteiger partial charge in [0, 0.05) is 6.54 Å². The van der Waals surface area contributed by atoms with Crippen molar-refractivity contribution in [3.63, 3.8) is 0 Å². The zero-order valence-corrected chi connectivity index (χ0v) is 11.9. The molecule has 23 heavy (non-hydrogen) atoms. The Balaban J connectivity index is 1.93. The maximum Gasteiger partial charge on any atom is 0.319 e. The molecule has 2 rings (SSSR count). The molecule has 0 aliphatic heterocycles. The van der Waals surface area contributed by atoms with Crippen molar-refractivity contribution in [3.8, 4) is 6.07 Å². The number of carbonyl (C=O) groups excluding carboxylic acids is 1. The van der Waals surface area contributed by atoms with Gasteiger partial charge in [-0.25, -0.2) is 13.6 Å². The van der Waals surface area contributed by atoms with Crippen LogP contribution in [0.3, 0.4) is 0 Å². The Bertz CT molecular complexity index is 742. The van der Waals surface area contributed by atoms with Crippen LogP contribution in [0.4, 0.5) is 19.3 Å². The van der Waals surface area contributed by atoms with E-state index >= 15 is 0 Å². The summed E-state index contributed by atoms with van der Waals surface area (Å²) < 4.78 is 25.8. The second-order valence-corrected chi connectivity index (χ2v) is 4.70. The molecule has 0 spiro atoms. The zero-order chi connectivity index (χ0) is 16.8. The molecule has 0 heterocycles. The number of aliphatic hydroxyl groups excluding tert-OH is 1. The van der Waals surface area contributed by atoms with E-state index in [9.17, 15) is 18.7 Å². The summed E-state index contributed by atoms with van der Waals surface area (Å²) in [4.78, 5) is 11.8. The van der Waals surface area contributed by atoms with Crippen molar-refractivity contribution in [2.45, 2.75) is 6.10 Å². The quantitative estimate of drug-likeness (QED) is 0.810. The van der Waals surface area contributed by atoms with Gasteiger partial charge in [-0.3, -0.25) is 0 Å². The first-order valence-corrected chi connectivity index (χ1v) is 6.67.